The molecule has 17 heavy (non-hydrogen) atoms. The van der Waals surface area contributed by atoms with E-state index in [4.69, 9.17) is 5.73 Å². The topological polar surface area (TPSA) is 89.3 Å². The molecule has 100 valence electrons. The molecule has 0 spiro atoms. The van der Waals surface area contributed by atoms with E-state index in [1.54, 1.807) is 0 Å². The van der Waals surface area contributed by atoms with E-state index in [1.807, 2.05) is 0 Å². The molecule has 0 radical (unpaired) electrons. The van der Waals surface area contributed by atoms with E-state index in [-0.39, 0.29) is 23.5 Å². The van der Waals surface area contributed by atoms with Gasteiger partial charge in [-0.05, 0) is 31.7 Å². The minimum Gasteiger partial charge on any atom is -0.352 e. The number of sulfone groups is 1. The molecule has 1 fully saturated rings. The number of rotatable bonds is 6. The van der Waals surface area contributed by atoms with Crippen molar-refractivity contribution in [2.45, 2.75) is 38.6 Å². The van der Waals surface area contributed by atoms with Crippen LogP contribution in [0.4, 0.5) is 0 Å². The number of hydrogen-bond donors (Lipinski definition) is 2. The Morgan fingerprint density at radius 2 is 2.18 bits per heavy atom. The van der Waals surface area contributed by atoms with Crippen LogP contribution in [0.2, 0.25) is 0 Å². The smallest absolute Gasteiger partial charge is 0.220 e. The molecule has 0 aromatic rings. The van der Waals surface area contributed by atoms with Gasteiger partial charge in [-0.1, -0.05) is 6.92 Å². The highest BCUT2D eigenvalue weighted by Crippen LogP contribution is 2.13. The number of amides is 1. The molecule has 1 saturated heterocycles. The van der Waals surface area contributed by atoms with Crippen LogP contribution in [-0.2, 0) is 14.6 Å². The summed E-state index contributed by atoms with van der Waals surface area (Å²) in [7, 11) is -2.91. The highest BCUT2D eigenvalue weighted by atomic mass is 32.2. The largest absolute Gasteiger partial charge is 0.352 e. The van der Waals surface area contributed by atoms with E-state index in [0.29, 0.717) is 25.3 Å². The van der Waals surface area contributed by atoms with Crippen LogP contribution in [0.3, 0.4) is 0 Å². The Bertz CT molecular complexity index is 354. The van der Waals surface area contributed by atoms with Crippen molar-refractivity contribution in [3.8, 4) is 0 Å². The molecule has 0 saturated carbocycles. The van der Waals surface area contributed by atoms with Gasteiger partial charge in [0.25, 0.3) is 0 Å². The molecular formula is C11H22N2O3S. The Hall–Kier alpha value is -0.620. The van der Waals surface area contributed by atoms with Gasteiger partial charge in [-0.15, -0.1) is 0 Å². The van der Waals surface area contributed by atoms with Crippen molar-refractivity contribution in [3.63, 3.8) is 0 Å². The first-order chi connectivity index (χ1) is 7.93. The predicted molar refractivity (Wildman–Crippen MR) is 67.3 cm³/mol. The second-order valence-electron chi connectivity index (χ2n) is 4.89. The Morgan fingerprint density at radius 3 is 2.71 bits per heavy atom. The number of hydrogen-bond acceptors (Lipinski definition) is 4. The molecule has 1 aliphatic heterocycles. The summed E-state index contributed by atoms with van der Waals surface area (Å²) in [4.78, 5) is 11.6. The van der Waals surface area contributed by atoms with Crippen molar-refractivity contribution in [1.29, 1.82) is 0 Å². The number of nitrogens with two attached hydrogens (primary N) is 1. The van der Waals surface area contributed by atoms with E-state index >= 15 is 0 Å². The molecule has 0 aromatic carbocycles. The van der Waals surface area contributed by atoms with Crippen molar-refractivity contribution in [2.75, 3.05) is 18.1 Å². The lowest BCUT2D eigenvalue weighted by molar-refractivity contribution is -0.121. The zero-order chi connectivity index (χ0) is 12.9. The minimum atomic E-state index is -2.91. The first-order valence-electron chi connectivity index (χ1n) is 6.13. The Morgan fingerprint density at radius 1 is 1.47 bits per heavy atom. The zero-order valence-corrected chi connectivity index (χ0v) is 11.1. The molecule has 2 unspecified atom stereocenters. The molecule has 1 heterocycles. The SMILES string of the molecule is CC(CCN)CCC(=O)NC1CCS(=O)(=O)C1. The van der Waals surface area contributed by atoms with E-state index in [9.17, 15) is 13.2 Å². The minimum absolute atomic E-state index is 0.0454. The highest BCUT2D eigenvalue weighted by molar-refractivity contribution is 7.91. The lowest BCUT2D eigenvalue weighted by atomic mass is 10.0. The maximum Gasteiger partial charge on any atom is 0.220 e. The van der Waals surface area contributed by atoms with Gasteiger partial charge in [0.15, 0.2) is 9.84 Å². The van der Waals surface area contributed by atoms with Gasteiger partial charge in [0.1, 0.15) is 0 Å². The lowest BCUT2D eigenvalue weighted by Crippen LogP contribution is -2.35. The van der Waals surface area contributed by atoms with E-state index in [2.05, 4.69) is 12.2 Å². The molecule has 0 aliphatic carbocycles. The summed E-state index contributed by atoms with van der Waals surface area (Å²) in [5, 5.41) is 2.78. The van der Waals surface area contributed by atoms with Gasteiger partial charge in [0.05, 0.1) is 11.5 Å². The number of carbonyl (C=O) groups excluding carboxylic acids is 1. The summed E-state index contributed by atoms with van der Waals surface area (Å²) in [5.41, 5.74) is 5.43. The fourth-order valence-electron chi connectivity index (χ4n) is 2.02. The number of carbonyl (C=O) groups is 1. The molecule has 1 rings (SSSR count). The molecule has 6 heteroatoms. The van der Waals surface area contributed by atoms with Gasteiger partial charge in [0.2, 0.25) is 5.91 Å². The molecular weight excluding hydrogens is 240 g/mol. The van der Waals surface area contributed by atoms with Gasteiger partial charge in [-0.25, -0.2) is 8.42 Å². The van der Waals surface area contributed by atoms with E-state index in [1.165, 1.54) is 0 Å². The zero-order valence-electron chi connectivity index (χ0n) is 10.3. The second-order valence-corrected chi connectivity index (χ2v) is 7.12. The van der Waals surface area contributed by atoms with Crippen LogP contribution in [0.25, 0.3) is 0 Å². The van der Waals surface area contributed by atoms with Crippen molar-refractivity contribution in [2.24, 2.45) is 11.7 Å². The van der Waals surface area contributed by atoms with Gasteiger partial charge in [-0.3, -0.25) is 4.79 Å². The molecule has 0 bridgehead atoms. The van der Waals surface area contributed by atoms with E-state index < -0.39 is 9.84 Å². The van der Waals surface area contributed by atoms with Crippen LogP contribution in [0.1, 0.15) is 32.6 Å². The summed E-state index contributed by atoms with van der Waals surface area (Å²) in [6.45, 7) is 2.71. The average Bonchev–Trinajstić information content (AvgIpc) is 2.55. The van der Waals surface area contributed by atoms with Gasteiger partial charge in [-0.2, -0.15) is 0 Å². The molecule has 1 aliphatic rings. The quantitative estimate of drug-likeness (QED) is 0.708. The van der Waals surface area contributed by atoms with Crippen LogP contribution in [0, 0.1) is 5.92 Å². The van der Waals surface area contributed by atoms with Crippen molar-refractivity contribution in [1.82, 2.24) is 5.32 Å². The highest BCUT2D eigenvalue weighted by Gasteiger charge is 2.28. The Labute approximate surface area is 103 Å². The van der Waals surface area contributed by atoms with Crippen LogP contribution >= 0.6 is 0 Å². The van der Waals surface area contributed by atoms with Crippen LogP contribution in [0.15, 0.2) is 0 Å². The predicted octanol–water partition coefficient (Wildman–Crippen LogP) is 0.0548. The normalized spacial score (nSPS) is 24.5. The number of nitrogens with one attached hydrogen (secondary N) is 1. The second kappa shape index (κ2) is 6.35. The summed E-state index contributed by atoms with van der Waals surface area (Å²) < 4.78 is 22.4. The maximum absolute atomic E-state index is 11.6. The summed E-state index contributed by atoms with van der Waals surface area (Å²) >= 11 is 0. The van der Waals surface area contributed by atoms with Crippen LogP contribution in [-0.4, -0.2) is 38.4 Å². The van der Waals surface area contributed by atoms with Crippen molar-refractivity contribution >= 4 is 15.7 Å². The standard InChI is InChI=1S/C11H22N2O3S/c1-9(4-6-12)2-3-11(14)13-10-5-7-17(15,16)8-10/h9-10H,2-8,12H2,1H3,(H,13,14). The maximum atomic E-state index is 11.6. The Kier molecular flexibility index (Phi) is 5.39. The third-order valence-corrected chi connectivity index (χ3v) is 4.89. The van der Waals surface area contributed by atoms with E-state index in [0.717, 1.165) is 12.8 Å². The fraction of sp³-hybridized carbons (Fsp3) is 0.909. The average molecular weight is 262 g/mol. The first kappa shape index (κ1) is 14.4. The molecule has 2 atom stereocenters. The molecule has 3 N–H and O–H groups in total. The first-order valence-corrected chi connectivity index (χ1v) is 7.95. The van der Waals surface area contributed by atoms with Crippen molar-refractivity contribution in [3.05, 3.63) is 0 Å². The Balaban J connectivity index is 2.22. The third-order valence-electron chi connectivity index (χ3n) is 3.12. The van der Waals surface area contributed by atoms with Gasteiger partial charge in [0, 0.05) is 12.5 Å². The summed E-state index contributed by atoms with van der Waals surface area (Å²) in [6, 6.07) is -0.183. The monoisotopic (exact) mass is 262 g/mol. The molecule has 0 aromatic heterocycles. The van der Waals surface area contributed by atoms with Crippen molar-refractivity contribution < 1.29 is 13.2 Å². The van der Waals surface area contributed by atoms with Crippen LogP contribution in [0.5, 0.6) is 0 Å². The third kappa shape index (κ3) is 5.50. The molecule has 1 amide bonds. The van der Waals surface area contributed by atoms with Crippen LogP contribution < -0.4 is 11.1 Å². The summed E-state index contributed by atoms with van der Waals surface area (Å²) in [6.07, 6.45) is 2.73. The molecule has 5 nitrogen and oxygen atoms in total. The van der Waals surface area contributed by atoms with Gasteiger partial charge >= 0.3 is 0 Å². The lowest BCUT2D eigenvalue weighted by Gasteiger charge is -2.13. The fourth-order valence-corrected chi connectivity index (χ4v) is 3.69. The van der Waals surface area contributed by atoms with Gasteiger partial charge < -0.3 is 11.1 Å². The summed E-state index contributed by atoms with van der Waals surface area (Å²) in [5.74, 6) is 0.688.